The second kappa shape index (κ2) is 5.87. The van der Waals surface area contributed by atoms with E-state index in [0.29, 0.717) is 22.3 Å². The van der Waals surface area contributed by atoms with Crippen LogP contribution >= 0.6 is 11.6 Å². The minimum Gasteiger partial charge on any atom is -0.469 e. The zero-order valence-electron chi connectivity index (χ0n) is 12.9. The lowest BCUT2D eigenvalue weighted by Crippen LogP contribution is -2.21. The van der Waals surface area contributed by atoms with Gasteiger partial charge in [0.2, 0.25) is 0 Å². The summed E-state index contributed by atoms with van der Waals surface area (Å²) in [6.07, 6.45) is 2.19. The van der Waals surface area contributed by atoms with E-state index in [9.17, 15) is 14.9 Å². The Morgan fingerprint density at radius 2 is 2.28 bits per heavy atom. The molecule has 1 saturated carbocycles. The Morgan fingerprint density at radius 3 is 3.00 bits per heavy atom. The Bertz CT molecular complexity index is 1070. The number of furan rings is 1. The van der Waals surface area contributed by atoms with Gasteiger partial charge >= 0.3 is 0 Å². The SMILES string of the molecule is N#C[C@H](C(=O)[C@H]1C[C@H]1c1ccco1)c1nc2cc(Cl)ccc2c(=O)[nH]1. The van der Waals surface area contributed by atoms with Gasteiger partial charge in [-0.2, -0.15) is 5.26 Å². The third kappa shape index (κ3) is 2.73. The predicted molar refractivity (Wildman–Crippen MR) is 90.3 cm³/mol. The largest absolute Gasteiger partial charge is 0.469 e. The number of H-pyrrole nitrogens is 1. The average Bonchev–Trinajstić information content (AvgIpc) is 3.20. The van der Waals surface area contributed by atoms with E-state index >= 15 is 0 Å². The lowest BCUT2D eigenvalue weighted by Gasteiger charge is -2.08. The highest BCUT2D eigenvalue weighted by Crippen LogP contribution is 2.50. The van der Waals surface area contributed by atoms with Gasteiger partial charge in [0.25, 0.3) is 5.56 Å². The maximum absolute atomic E-state index is 12.7. The number of Topliss-reactive ketones (excluding diaryl/α,β-unsaturated/α-hetero) is 1. The van der Waals surface area contributed by atoms with Crippen LogP contribution in [0.25, 0.3) is 10.9 Å². The van der Waals surface area contributed by atoms with Crippen molar-refractivity contribution in [2.45, 2.75) is 18.3 Å². The van der Waals surface area contributed by atoms with Crippen LogP contribution in [-0.4, -0.2) is 15.8 Å². The van der Waals surface area contributed by atoms with E-state index in [4.69, 9.17) is 16.0 Å². The van der Waals surface area contributed by atoms with E-state index in [-0.39, 0.29) is 23.4 Å². The Morgan fingerprint density at radius 1 is 1.44 bits per heavy atom. The Kier molecular flexibility index (Phi) is 3.66. The van der Waals surface area contributed by atoms with E-state index < -0.39 is 11.5 Å². The summed E-state index contributed by atoms with van der Waals surface area (Å²) in [6, 6.07) is 10.2. The number of carbonyl (C=O) groups is 1. The number of ketones is 1. The second-order valence-electron chi connectivity index (χ2n) is 6.04. The number of aromatic nitrogens is 2. The predicted octanol–water partition coefficient (Wildman–Crippen LogP) is 3.15. The number of benzene rings is 1. The number of hydrogen-bond donors (Lipinski definition) is 1. The molecular weight excluding hydrogens is 342 g/mol. The zero-order chi connectivity index (χ0) is 17.6. The molecule has 25 heavy (non-hydrogen) atoms. The van der Waals surface area contributed by atoms with Gasteiger partial charge in [-0.15, -0.1) is 0 Å². The fraction of sp³-hybridized carbons (Fsp3) is 0.222. The molecule has 0 saturated heterocycles. The van der Waals surface area contributed by atoms with Gasteiger partial charge in [-0.05, 0) is 36.8 Å². The van der Waals surface area contributed by atoms with E-state index in [1.54, 1.807) is 24.5 Å². The van der Waals surface area contributed by atoms with E-state index in [0.717, 1.165) is 5.76 Å². The van der Waals surface area contributed by atoms with Crippen molar-refractivity contribution in [2.24, 2.45) is 5.92 Å². The van der Waals surface area contributed by atoms with Gasteiger partial charge in [0.15, 0.2) is 11.7 Å². The van der Waals surface area contributed by atoms with Crippen molar-refractivity contribution < 1.29 is 9.21 Å². The highest BCUT2D eigenvalue weighted by molar-refractivity contribution is 6.31. The van der Waals surface area contributed by atoms with Crippen LogP contribution in [0.4, 0.5) is 0 Å². The monoisotopic (exact) mass is 353 g/mol. The molecule has 2 heterocycles. The van der Waals surface area contributed by atoms with Gasteiger partial charge in [0.1, 0.15) is 11.6 Å². The van der Waals surface area contributed by atoms with Gasteiger partial charge < -0.3 is 9.40 Å². The summed E-state index contributed by atoms with van der Waals surface area (Å²) < 4.78 is 5.32. The van der Waals surface area contributed by atoms with Crippen LogP contribution in [0.2, 0.25) is 5.02 Å². The van der Waals surface area contributed by atoms with Crippen LogP contribution in [0.5, 0.6) is 0 Å². The van der Waals surface area contributed by atoms with Gasteiger partial charge in [0.05, 0.1) is 23.2 Å². The second-order valence-corrected chi connectivity index (χ2v) is 6.48. The molecule has 0 aliphatic heterocycles. The van der Waals surface area contributed by atoms with Crippen molar-refractivity contribution in [2.75, 3.05) is 0 Å². The fourth-order valence-corrected chi connectivity index (χ4v) is 3.23. The maximum atomic E-state index is 12.7. The van der Waals surface area contributed by atoms with Crippen molar-refractivity contribution in [3.8, 4) is 6.07 Å². The van der Waals surface area contributed by atoms with Gasteiger partial charge in [-0.3, -0.25) is 9.59 Å². The molecule has 1 N–H and O–H groups in total. The first-order chi connectivity index (χ1) is 12.1. The summed E-state index contributed by atoms with van der Waals surface area (Å²) in [4.78, 5) is 31.8. The van der Waals surface area contributed by atoms with Gasteiger partial charge in [-0.1, -0.05) is 11.6 Å². The normalized spacial score (nSPS) is 20.2. The minimum atomic E-state index is -1.12. The number of rotatable bonds is 4. The van der Waals surface area contributed by atoms with Crippen molar-refractivity contribution >= 4 is 28.3 Å². The highest BCUT2D eigenvalue weighted by Gasteiger charge is 2.48. The number of carbonyl (C=O) groups excluding carboxylic acids is 1. The number of aromatic amines is 1. The maximum Gasteiger partial charge on any atom is 0.258 e. The molecule has 2 aromatic heterocycles. The number of nitrogens with one attached hydrogen (secondary N) is 1. The molecular formula is C18H12ClN3O3. The van der Waals surface area contributed by atoms with E-state index in [1.165, 1.54) is 6.07 Å². The molecule has 1 fully saturated rings. The molecule has 1 aromatic carbocycles. The van der Waals surface area contributed by atoms with Crippen LogP contribution in [0.3, 0.4) is 0 Å². The number of halogens is 1. The summed E-state index contributed by atoms with van der Waals surface area (Å²) >= 11 is 5.94. The summed E-state index contributed by atoms with van der Waals surface area (Å²) in [7, 11) is 0. The molecule has 0 unspecified atom stereocenters. The Hall–Kier alpha value is -2.91. The van der Waals surface area contributed by atoms with Crippen molar-refractivity contribution in [3.63, 3.8) is 0 Å². The fourth-order valence-electron chi connectivity index (χ4n) is 3.07. The molecule has 0 amide bonds. The summed E-state index contributed by atoms with van der Waals surface area (Å²) in [5.74, 6) is -0.898. The number of nitrogens with zero attached hydrogens (tertiary/aromatic N) is 2. The first kappa shape index (κ1) is 15.6. The van der Waals surface area contributed by atoms with Crippen LogP contribution in [0.1, 0.15) is 29.8 Å². The van der Waals surface area contributed by atoms with E-state index in [2.05, 4.69) is 9.97 Å². The molecule has 6 nitrogen and oxygen atoms in total. The first-order valence-electron chi connectivity index (χ1n) is 7.74. The lowest BCUT2D eigenvalue weighted by atomic mass is 9.99. The van der Waals surface area contributed by atoms with Crippen LogP contribution in [-0.2, 0) is 4.79 Å². The number of fused-ring (bicyclic) bond motifs is 1. The first-order valence-corrected chi connectivity index (χ1v) is 8.12. The zero-order valence-corrected chi connectivity index (χ0v) is 13.7. The van der Waals surface area contributed by atoms with Crippen molar-refractivity contribution in [3.05, 3.63) is 63.6 Å². The van der Waals surface area contributed by atoms with Crippen molar-refractivity contribution in [1.82, 2.24) is 9.97 Å². The molecule has 7 heteroatoms. The third-order valence-corrected chi connectivity index (χ3v) is 4.67. The van der Waals surface area contributed by atoms with E-state index in [1.807, 2.05) is 12.1 Å². The molecule has 0 radical (unpaired) electrons. The molecule has 1 aliphatic carbocycles. The molecule has 124 valence electrons. The molecule has 0 bridgehead atoms. The minimum absolute atomic E-state index is 0.0139. The molecule has 0 spiro atoms. The quantitative estimate of drug-likeness (QED) is 0.776. The van der Waals surface area contributed by atoms with Crippen LogP contribution in [0.15, 0.2) is 45.8 Å². The topological polar surface area (TPSA) is 99.8 Å². The number of hydrogen-bond acceptors (Lipinski definition) is 5. The Balaban J connectivity index is 1.68. The lowest BCUT2D eigenvalue weighted by molar-refractivity contribution is -0.120. The molecule has 1 aliphatic rings. The van der Waals surface area contributed by atoms with Gasteiger partial charge in [0, 0.05) is 16.9 Å². The number of nitriles is 1. The summed E-state index contributed by atoms with van der Waals surface area (Å²) in [5.41, 5.74) is -0.0409. The summed E-state index contributed by atoms with van der Waals surface area (Å²) in [5, 5.41) is 10.3. The van der Waals surface area contributed by atoms with Gasteiger partial charge in [-0.25, -0.2) is 4.98 Å². The Labute approximate surface area is 147 Å². The smallest absolute Gasteiger partial charge is 0.258 e. The molecule has 4 rings (SSSR count). The standard InChI is InChI=1S/C18H12ClN3O3/c19-9-3-4-10-14(6-9)21-17(22-18(10)24)13(8-20)16(23)12-7-11(12)15-2-1-5-25-15/h1-6,11-13H,7H2,(H,21,22,24)/t11-,12+,13-/m1/s1. The third-order valence-electron chi connectivity index (χ3n) is 4.44. The molecule has 3 aromatic rings. The highest BCUT2D eigenvalue weighted by atomic mass is 35.5. The van der Waals surface area contributed by atoms with Crippen molar-refractivity contribution in [1.29, 1.82) is 5.26 Å². The van der Waals surface area contributed by atoms with Crippen LogP contribution < -0.4 is 5.56 Å². The van der Waals surface area contributed by atoms with Crippen LogP contribution in [0, 0.1) is 17.2 Å². The molecule has 3 atom stereocenters. The summed E-state index contributed by atoms with van der Waals surface area (Å²) in [6.45, 7) is 0. The average molecular weight is 354 g/mol.